The van der Waals surface area contributed by atoms with Crippen molar-refractivity contribution in [3.05, 3.63) is 35.4 Å². The van der Waals surface area contributed by atoms with Crippen LogP contribution in [0.4, 0.5) is 0 Å². The lowest BCUT2D eigenvalue weighted by Gasteiger charge is -2.32. The minimum absolute atomic E-state index is 0. The van der Waals surface area contributed by atoms with Gasteiger partial charge >= 0.3 is 0 Å². The summed E-state index contributed by atoms with van der Waals surface area (Å²) >= 11 is 0. The van der Waals surface area contributed by atoms with E-state index in [1.54, 1.807) is 24.3 Å². The number of nitrogens with zero attached hydrogens (tertiary/aromatic N) is 1. The van der Waals surface area contributed by atoms with Crippen molar-refractivity contribution >= 4 is 24.2 Å². The van der Waals surface area contributed by atoms with Gasteiger partial charge in [0, 0.05) is 30.8 Å². The van der Waals surface area contributed by atoms with Crippen LogP contribution in [0, 0.1) is 5.92 Å². The number of carbonyl (C=O) groups is 2. The van der Waals surface area contributed by atoms with Gasteiger partial charge in [0.2, 0.25) is 0 Å². The number of nitrogens with one attached hydrogen (secondary N) is 2. The standard InChI is InChI=1S/C19H29N3O2.ClH/c1-3-10-21-18(23)16-6-5-7-17(13-16)19(24)22-11-8-15(9-12-22)14-20-4-2;/h5-7,13,15,20H,3-4,8-12,14H2,1-2H3,(H,21,23);1H. The maximum atomic E-state index is 12.7. The van der Waals surface area contributed by atoms with Gasteiger partial charge in [0.05, 0.1) is 0 Å². The molecule has 0 radical (unpaired) electrons. The monoisotopic (exact) mass is 367 g/mol. The first-order valence-corrected chi connectivity index (χ1v) is 9.04. The number of piperidine rings is 1. The van der Waals surface area contributed by atoms with Gasteiger partial charge in [-0.25, -0.2) is 0 Å². The summed E-state index contributed by atoms with van der Waals surface area (Å²) in [6.07, 6.45) is 2.97. The molecule has 0 spiro atoms. The van der Waals surface area contributed by atoms with Crippen molar-refractivity contribution < 1.29 is 9.59 Å². The highest BCUT2D eigenvalue weighted by Crippen LogP contribution is 2.19. The maximum Gasteiger partial charge on any atom is 0.253 e. The van der Waals surface area contributed by atoms with E-state index in [1.165, 1.54) is 0 Å². The minimum atomic E-state index is -0.115. The number of hydrogen-bond donors (Lipinski definition) is 2. The first-order chi connectivity index (χ1) is 11.7. The predicted molar refractivity (Wildman–Crippen MR) is 103 cm³/mol. The lowest BCUT2D eigenvalue weighted by Crippen LogP contribution is -2.40. The van der Waals surface area contributed by atoms with Crippen LogP contribution in [0.15, 0.2) is 24.3 Å². The quantitative estimate of drug-likeness (QED) is 0.778. The van der Waals surface area contributed by atoms with Gasteiger partial charge in [0.15, 0.2) is 0 Å². The molecular formula is C19H30ClN3O2. The Morgan fingerprint density at radius 1 is 1.16 bits per heavy atom. The summed E-state index contributed by atoms with van der Waals surface area (Å²) in [7, 11) is 0. The zero-order chi connectivity index (χ0) is 17.4. The lowest BCUT2D eigenvalue weighted by molar-refractivity contribution is 0.0690. The molecule has 1 saturated heterocycles. The number of hydrogen-bond acceptors (Lipinski definition) is 3. The number of rotatable bonds is 7. The van der Waals surface area contributed by atoms with Crippen LogP contribution >= 0.6 is 12.4 Å². The molecule has 1 aliphatic rings. The van der Waals surface area contributed by atoms with Crippen LogP contribution in [0.5, 0.6) is 0 Å². The summed E-state index contributed by atoms with van der Waals surface area (Å²) in [5.74, 6) is 0.568. The summed E-state index contributed by atoms with van der Waals surface area (Å²) in [6.45, 7) is 8.39. The van der Waals surface area contributed by atoms with Gasteiger partial charge in [-0.2, -0.15) is 0 Å². The van der Waals surface area contributed by atoms with E-state index in [1.807, 2.05) is 11.8 Å². The van der Waals surface area contributed by atoms with Crippen LogP contribution in [-0.2, 0) is 0 Å². The van der Waals surface area contributed by atoms with E-state index in [0.717, 1.165) is 45.4 Å². The van der Waals surface area contributed by atoms with Crippen LogP contribution in [0.3, 0.4) is 0 Å². The molecule has 2 amide bonds. The molecule has 2 N–H and O–H groups in total. The Labute approximate surface area is 157 Å². The van der Waals surface area contributed by atoms with Crippen LogP contribution in [0.1, 0.15) is 53.8 Å². The molecule has 0 atom stereocenters. The van der Waals surface area contributed by atoms with Gasteiger partial charge in [-0.3, -0.25) is 9.59 Å². The first kappa shape index (κ1) is 21.5. The fourth-order valence-corrected chi connectivity index (χ4v) is 3.01. The van der Waals surface area contributed by atoms with Gasteiger partial charge < -0.3 is 15.5 Å². The highest BCUT2D eigenvalue weighted by atomic mass is 35.5. The van der Waals surface area contributed by atoms with Crippen molar-refractivity contribution in [3.63, 3.8) is 0 Å². The molecule has 1 fully saturated rings. The third kappa shape index (κ3) is 6.33. The van der Waals surface area contributed by atoms with Crippen molar-refractivity contribution in [2.45, 2.75) is 33.1 Å². The average Bonchev–Trinajstić information content (AvgIpc) is 2.64. The fourth-order valence-electron chi connectivity index (χ4n) is 3.01. The maximum absolute atomic E-state index is 12.7. The smallest absolute Gasteiger partial charge is 0.253 e. The van der Waals surface area contributed by atoms with Crippen LogP contribution in [0.2, 0.25) is 0 Å². The molecule has 5 nitrogen and oxygen atoms in total. The molecule has 0 aliphatic carbocycles. The summed E-state index contributed by atoms with van der Waals surface area (Å²) < 4.78 is 0. The van der Waals surface area contributed by atoms with Gasteiger partial charge in [0.1, 0.15) is 0 Å². The molecular weight excluding hydrogens is 338 g/mol. The largest absolute Gasteiger partial charge is 0.352 e. The van der Waals surface area contributed by atoms with E-state index in [2.05, 4.69) is 17.6 Å². The number of likely N-dealkylation sites (tertiary alicyclic amines) is 1. The second-order valence-electron chi connectivity index (χ2n) is 6.38. The van der Waals surface area contributed by atoms with Crippen LogP contribution < -0.4 is 10.6 Å². The molecule has 140 valence electrons. The van der Waals surface area contributed by atoms with Crippen molar-refractivity contribution in [1.29, 1.82) is 0 Å². The Bertz CT molecular complexity index is 557. The summed E-state index contributed by atoms with van der Waals surface area (Å²) in [4.78, 5) is 26.7. The topological polar surface area (TPSA) is 61.4 Å². The molecule has 0 bridgehead atoms. The molecule has 2 rings (SSSR count). The highest BCUT2D eigenvalue weighted by Gasteiger charge is 2.23. The third-order valence-electron chi connectivity index (χ3n) is 4.49. The van der Waals surface area contributed by atoms with Gasteiger partial charge in [0.25, 0.3) is 11.8 Å². The lowest BCUT2D eigenvalue weighted by atomic mass is 9.96. The van der Waals surface area contributed by atoms with Crippen molar-refractivity contribution in [2.24, 2.45) is 5.92 Å². The highest BCUT2D eigenvalue weighted by molar-refractivity contribution is 5.99. The van der Waals surface area contributed by atoms with E-state index in [9.17, 15) is 9.59 Å². The molecule has 25 heavy (non-hydrogen) atoms. The van der Waals surface area contributed by atoms with Crippen molar-refractivity contribution in [2.75, 3.05) is 32.7 Å². The number of halogens is 1. The zero-order valence-corrected chi connectivity index (χ0v) is 16.0. The van der Waals surface area contributed by atoms with Crippen LogP contribution in [0.25, 0.3) is 0 Å². The van der Waals surface area contributed by atoms with Gasteiger partial charge in [-0.1, -0.05) is 19.9 Å². The molecule has 0 aromatic heterocycles. The Morgan fingerprint density at radius 2 is 1.84 bits per heavy atom. The zero-order valence-electron chi connectivity index (χ0n) is 15.2. The Hall–Kier alpha value is -1.59. The third-order valence-corrected chi connectivity index (χ3v) is 4.49. The second kappa shape index (κ2) is 11.1. The van der Waals surface area contributed by atoms with E-state index < -0.39 is 0 Å². The van der Waals surface area contributed by atoms with E-state index >= 15 is 0 Å². The number of amides is 2. The van der Waals surface area contributed by atoms with E-state index in [0.29, 0.717) is 23.6 Å². The fraction of sp³-hybridized carbons (Fsp3) is 0.579. The van der Waals surface area contributed by atoms with Gasteiger partial charge in [-0.15, -0.1) is 12.4 Å². The second-order valence-corrected chi connectivity index (χ2v) is 6.38. The number of carbonyl (C=O) groups excluding carboxylic acids is 2. The van der Waals surface area contributed by atoms with Crippen molar-refractivity contribution in [3.8, 4) is 0 Å². The predicted octanol–water partition coefficient (Wildman–Crippen LogP) is 2.71. The molecule has 1 aromatic carbocycles. The normalized spacial score (nSPS) is 14.7. The Kier molecular flexibility index (Phi) is 9.53. The van der Waals surface area contributed by atoms with Gasteiger partial charge in [-0.05, 0) is 56.5 Å². The van der Waals surface area contributed by atoms with Crippen molar-refractivity contribution in [1.82, 2.24) is 15.5 Å². The molecule has 1 aliphatic heterocycles. The van der Waals surface area contributed by atoms with E-state index in [-0.39, 0.29) is 24.2 Å². The first-order valence-electron chi connectivity index (χ1n) is 9.04. The molecule has 1 aromatic rings. The minimum Gasteiger partial charge on any atom is -0.352 e. The Morgan fingerprint density at radius 3 is 2.48 bits per heavy atom. The Balaban J connectivity index is 0.00000312. The summed E-state index contributed by atoms with van der Waals surface area (Å²) in [5, 5.41) is 6.23. The molecule has 0 unspecified atom stereocenters. The summed E-state index contributed by atoms with van der Waals surface area (Å²) in [6, 6.07) is 7.04. The van der Waals surface area contributed by atoms with E-state index in [4.69, 9.17) is 0 Å². The van der Waals surface area contributed by atoms with Crippen LogP contribution in [-0.4, -0.2) is 49.4 Å². The summed E-state index contributed by atoms with van der Waals surface area (Å²) in [5.41, 5.74) is 1.15. The molecule has 0 saturated carbocycles. The molecule has 1 heterocycles. The number of benzene rings is 1. The SMILES string of the molecule is CCCNC(=O)c1cccc(C(=O)N2CCC(CNCC)CC2)c1.Cl. The average molecular weight is 368 g/mol. The molecule has 6 heteroatoms.